The van der Waals surface area contributed by atoms with Crippen LogP contribution in [0.2, 0.25) is 0 Å². The Morgan fingerprint density at radius 2 is 1.88 bits per heavy atom. The summed E-state index contributed by atoms with van der Waals surface area (Å²) < 4.78 is 0. The molecular weight excluding hydrogens is 344 g/mol. The Hall–Kier alpha value is -2.47. The molecule has 1 aliphatic rings. The van der Waals surface area contributed by atoms with Crippen molar-refractivity contribution < 1.29 is 4.79 Å². The van der Waals surface area contributed by atoms with Gasteiger partial charge in [-0.25, -0.2) is 9.97 Å². The van der Waals surface area contributed by atoms with Gasteiger partial charge in [-0.3, -0.25) is 4.79 Å². The summed E-state index contributed by atoms with van der Waals surface area (Å²) in [5.41, 5.74) is 4.09. The lowest BCUT2D eigenvalue weighted by Gasteiger charge is -2.17. The lowest BCUT2D eigenvalue weighted by atomic mass is 10.1. The summed E-state index contributed by atoms with van der Waals surface area (Å²) in [7, 11) is 0. The molecule has 0 radical (unpaired) electrons. The average molecular weight is 366 g/mol. The van der Waals surface area contributed by atoms with Crippen molar-refractivity contribution in [2.75, 3.05) is 23.3 Å². The fourth-order valence-electron chi connectivity index (χ4n) is 3.50. The summed E-state index contributed by atoms with van der Waals surface area (Å²) in [6.45, 7) is 8.11. The highest BCUT2D eigenvalue weighted by Crippen LogP contribution is 2.36. The zero-order valence-corrected chi connectivity index (χ0v) is 16.1. The zero-order valence-electron chi connectivity index (χ0n) is 15.3. The molecule has 0 aliphatic carbocycles. The molecule has 5 nitrogen and oxygen atoms in total. The molecule has 1 aromatic carbocycles. The molecule has 134 valence electrons. The maximum atomic E-state index is 12.9. The van der Waals surface area contributed by atoms with Crippen molar-refractivity contribution in [3.8, 4) is 0 Å². The first-order valence-electron chi connectivity index (χ1n) is 8.93. The first-order valence-corrected chi connectivity index (χ1v) is 9.74. The molecule has 0 bridgehead atoms. The fourth-order valence-corrected chi connectivity index (χ4v) is 4.54. The van der Waals surface area contributed by atoms with Crippen molar-refractivity contribution in [3.63, 3.8) is 0 Å². The van der Waals surface area contributed by atoms with E-state index in [1.54, 1.807) is 6.33 Å². The summed E-state index contributed by atoms with van der Waals surface area (Å²) in [5, 5.41) is 4.09. The van der Waals surface area contributed by atoms with Crippen molar-refractivity contribution in [1.29, 1.82) is 0 Å². The van der Waals surface area contributed by atoms with Gasteiger partial charge in [-0.2, -0.15) is 0 Å². The number of hydrogen-bond acceptors (Lipinski definition) is 5. The van der Waals surface area contributed by atoms with E-state index < -0.39 is 0 Å². The van der Waals surface area contributed by atoms with Crippen LogP contribution in [0.3, 0.4) is 0 Å². The Kier molecular flexibility index (Phi) is 4.36. The third-order valence-electron chi connectivity index (χ3n) is 5.17. The molecule has 0 spiro atoms. The van der Waals surface area contributed by atoms with Crippen LogP contribution in [0.4, 0.5) is 11.5 Å². The highest BCUT2D eigenvalue weighted by atomic mass is 32.1. The van der Waals surface area contributed by atoms with Gasteiger partial charge in [0.15, 0.2) is 0 Å². The van der Waals surface area contributed by atoms with Crippen LogP contribution in [0, 0.1) is 20.8 Å². The fraction of sp³-hybridized carbons (Fsp3) is 0.350. The van der Waals surface area contributed by atoms with E-state index in [1.807, 2.05) is 39.0 Å². The minimum Gasteiger partial charge on any atom is -0.356 e. The minimum atomic E-state index is -0.0772. The van der Waals surface area contributed by atoms with Crippen LogP contribution in [0.15, 0.2) is 24.5 Å². The Balaban J connectivity index is 1.72. The zero-order chi connectivity index (χ0) is 18.3. The van der Waals surface area contributed by atoms with Crippen LogP contribution < -0.4 is 10.2 Å². The SMILES string of the molecule is Cc1cccc(NC(=O)c2sc3ncnc(N4CCCC4)c3c2C)c1C. The first kappa shape index (κ1) is 17.0. The first-order chi connectivity index (χ1) is 12.6. The number of aryl methyl sites for hydroxylation is 2. The van der Waals surface area contributed by atoms with Gasteiger partial charge in [0, 0.05) is 18.8 Å². The minimum absolute atomic E-state index is 0.0772. The molecule has 0 saturated carbocycles. The van der Waals surface area contributed by atoms with Crippen molar-refractivity contribution in [3.05, 3.63) is 46.1 Å². The standard InChI is InChI=1S/C20H22N4OS/c1-12-7-6-8-15(13(12)2)23-19(25)17-14(3)16-18(24-9-4-5-10-24)21-11-22-20(16)26-17/h6-8,11H,4-5,9-10H2,1-3H3,(H,23,25). The van der Waals surface area contributed by atoms with E-state index in [9.17, 15) is 4.79 Å². The van der Waals surface area contributed by atoms with Crippen LogP contribution >= 0.6 is 11.3 Å². The Morgan fingerprint density at radius 1 is 1.12 bits per heavy atom. The highest BCUT2D eigenvalue weighted by molar-refractivity contribution is 7.20. The molecule has 6 heteroatoms. The molecule has 1 fully saturated rings. The predicted octanol–water partition coefficient (Wildman–Crippen LogP) is 4.47. The van der Waals surface area contributed by atoms with Gasteiger partial charge in [0.25, 0.3) is 5.91 Å². The normalized spacial score (nSPS) is 14.2. The molecule has 3 heterocycles. The topological polar surface area (TPSA) is 58.1 Å². The largest absolute Gasteiger partial charge is 0.356 e. The van der Waals surface area contributed by atoms with E-state index in [0.29, 0.717) is 4.88 Å². The van der Waals surface area contributed by atoms with Crippen LogP contribution in [-0.2, 0) is 0 Å². The number of nitrogens with zero attached hydrogens (tertiary/aromatic N) is 3. The lowest BCUT2D eigenvalue weighted by molar-refractivity contribution is 0.103. The van der Waals surface area contributed by atoms with Gasteiger partial charge in [-0.15, -0.1) is 11.3 Å². The number of rotatable bonds is 3. The van der Waals surface area contributed by atoms with E-state index in [4.69, 9.17) is 0 Å². The second kappa shape index (κ2) is 6.68. The van der Waals surface area contributed by atoms with Gasteiger partial charge in [0.1, 0.15) is 17.0 Å². The summed E-state index contributed by atoms with van der Waals surface area (Å²) in [4.78, 5) is 25.8. The molecule has 4 rings (SSSR count). The number of amides is 1. The second-order valence-corrected chi connectivity index (χ2v) is 7.83. The maximum Gasteiger partial charge on any atom is 0.266 e. The maximum absolute atomic E-state index is 12.9. The highest BCUT2D eigenvalue weighted by Gasteiger charge is 2.23. The van der Waals surface area contributed by atoms with Crippen LogP contribution in [-0.4, -0.2) is 29.0 Å². The monoisotopic (exact) mass is 366 g/mol. The summed E-state index contributed by atoms with van der Waals surface area (Å²) in [5.74, 6) is 0.888. The number of nitrogens with one attached hydrogen (secondary N) is 1. The molecule has 1 amide bonds. The quantitative estimate of drug-likeness (QED) is 0.743. The van der Waals surface area contributed by atoms with Crippen molar-refractivity contribution >= 4 is 39.0 Å². The van der Waals surface area contributed by atoms with Gasteiger partial charge in [0.2, 0.25) is 0 Å². The molecule has 3 aromatic rings. The van der Waals surface area contributed by atoms with Gasteiger partial charge in [-0.1, -0.05) is 12.1 Å². The summed E-state index contributed by atoms with van der Waals surface area (Å²) >= 11 is 1.44. The van der Waals surface area contributed by atoms with Crippen molar-refractivity contribution in [2.24, 2.45) is 0 Å². The predicted molar refractivity (Wildman–Crippen MR) is 107 cm³/mol. The average Bonchev–Trinajstić information content (AvgIpc) is 3.27. The number of carbonyl (C=O) groups excluding carboxylic acids is 1. The number of aromatic nitrogens is 2. The molecule has 2 aromatic heterocycles. The molecule has 1 aliphatic heterocycles. The van der Waals surface area contributed by atoms with Gasteiger partial charge in [-0.05, 0) is 56.4 Å². The Morgan fingerprint density at radius 3 is 2.65 bits per heavy atom. The van der Waals surface area contributed by atoms with E-state index in [2.05, 4.69) is 20.2 Å². The van der Waals surface area contributed by atoms with Gasteiger partial charge >= 0.3 is 0 Å². The number of benzene rings is 1. The lowest BCUT2D eigenvalue weighted by Crippen LogP contribution is -2.19. The van der Waals surface area contributed by atoms with Crippen LogP contribution in [0.25, 0.3) is 10.2 Å². The number of hydrogen-bond donors (Lipinski definition) is 1. The molecule has 0 unspecified atom stereocenters. The summed E-state index contributed by atoms with van der Waals surface area (Å²) in [6, 6.07) is 5.96. The molecule has 1 saturated heterocycles. The van der Waals surface area contributed by atoms with Crippen LogP contribution in [0.1, 0.15) is 39.2 Å². The molecule has 1 N–H and O–H groups in total. The third-order valence-corrected chi connectivity index (χ3v) is 6.37. The molecular formula is C20H22N4OS. The summed E-state index contributed by atoms with van der Waals surface area (Å²) in [6.07, 6.45) is 3.99. The van der Waals surface area contributed by atoms with Crippen LogP contribution in [0.5, 0.6) is 0 Å². The van der Waals surface area contributed by atoms with Crippen molar-refractivity contribution in [1.82, 2.24) is 9.97 Å². The smallest absolute Gasteiger partial charge is 0.266 e. The van der Waals surface area contributed by atoms with E-state index >= 15 is 0 Å². The molecule has 0 atom stereocenters. The number of fused-ring (bicyclic) bond motifs is 1. The van der Waals surface area contributed by atoms with Gasteiger partial charge in [0.05, 0.1) is 10.3 Å². The number of thiophene rings is 1. The van der Waals surface area contributed by atoms with Crippen molar-refractivity contribution in [2.45, 2.75) is 33.6 Å². The van der Waals surface area contributed by atoms with E-state index in [1.165, 1.54) is 24.2 Å². The number of anilines is 2. The van der Waals surface area contributed by atoms with Gasteiger partial charge < -0.3 is 10.2 Å². The Labute approximate surface area is 157 Å². The third kappa shape index (κ3) is 2.84. The van der Waals surface area contributed by atoms with E-state index in [0.717, 1.165) is 51.5 Å². The molecule has 26 heavy (non-hydrogen) atoms. The van der Waals surface area contributed by atoms with E-state index in [-0.39, 0.29) is 5.91 Å². The number of carbonyl (C=O) groups is 1. The second-order valence-electron chi connectivity index (χ2n) is 6.83. The Bertz CT molecular complexity index is 989.